The molecule has 1 aliphatic heterocycles. The molecule has 0 fully saturated rings. The lowest BCUT2D eigenvalue weighted by Crippen LogP contribution is -2.42. The lowest BCUT2D eigenvalue weighted by molar-refractivity contribution is -0.125. The topological polar surface area (TPSA) is 90.5 Å². The highest BCUT2D eigenvalue weighted by Crippen LogP contribution is 2.29. The summed E-state index contributed by atoms with van der Waals surface area (Å²) in [6.07, 6.45) is 0.178. The highest BCUT2D eigenvalue weighted by atomic mass is 16.2. The first kappa shape index (κ1) is 17.0. The van der Waals surface area contributed by atoms with E-state index >= 15 is 0 Å². The van der Waals surface area contributed by atoms with Gasteiger partial charge in [-0.15, -0.1) is 0 Å². The Morgan fingerprint density at radius 1 is 1.30 bits per heavy atom. The average molecular weight is 318 g/mol. The van der Waals surface area contributed by atoms with Crippen LogP contribution in [0.2, 0.25) is 0 Å². The lowest BCUT2D eigenvalue weighted by Gasteiger charge is -2.29. The fourth-order valence-corrected chi connectivity index (χ4v) is 2.27. The molecule has 7 nitrogen and oxygen atoms in total. The number of hydrogen-bond acceptors (Lipinski definition) is 4. The predicted molar refractivity (Wildman–Crippen MR) is 88.2 cm³/mol. The van der Waals surface area contributed by atoms with Gasteiger partial charge in [-0.1, -0.05) is 12.1 Å². The Morgan fingerprint density at radius 3 is 2.78 bits per heavy atom. The number of likely N-dealkylation sites (N-methyl/N-ethyl adjacent to an activating group) is 1. The number of para-hydroxylation sites is 2. The number of nitrogens with zero attached hydrogens (tertiary/aromatic N) is 1. The average Bonchev–Trinajstić information content (AvgIpc) is 2.56. The number of fused-ring (bicyclic) bond motifs is 1. The molecule has 0 spiro atoms. The van der Waals surface area contributed by atoms with E-state index in [1.807, 2.05) is 20.0 Å². The summed E-state index contributed by atoms with van der Waals surface area (Å²) in [6, 6.07) is 7.30. The molecule has 0 aromatic heterocycles. The molecule has 7 heteroatoms. The number of benzene rings is 1. The van der Waals surface area contributed by atoms with Crippen molar-refractivity contribution in [3.63, 3.8) is 0 Å². The van der Waals surface area contributed by atoms with Crippen LogP contribution in [0.4, 0.5) is 11.4 Å². The summed E-state index contributed by atoms with van der Waals surface area (Å²) >= 11 is 0. The van der Waals surface area contributed by atoms with E-state index in [-0.39, 0.29) is 43.1 Å². The highest BCUT2D eigenvalue weighted by Gasteiger charge is 2.26. The van der Waals surface area contributed by atoms with Crippen LogP contribution in [0.15, 0.2) is 24.3 Å². The summed E-state index contributed by atoms with van der Waals surface area (Å²) < 4.78 is 0. The van der Waals surface area contributed by atoms with Crippen molar-refractivity contribution in [2.75, 3.05) is 30.4 Å². The van der Waals surface area contributed by atoms with E-state index in [0.717, 1.165) is 0 Å². The quantitative estimate of drug-likeness (QED) is 0.711. The second-order valence-corrected chi connectivity index (χ2v) is 5.54. The Kier molecular flexibility index (Phi) is 5.70. The standard InChI is InChI=1S/C16H22N4O3/c1-11(17-2)9-18-14(21)7-8-16(23)20-10-15(22)19-12-5-3-4-6-13(12)20/h3-6,11,17H,7-10H2,1-2H3,(H,18,21)(H,19,22). The number of carbonyl (C=O) groups is 3. The molecule has 0 saturated heterocycles. The Morgan fingerprint density at radius 2 is 2.04 bits per heavy atom. The summed E-state index contributed by atoms with van der Waals surface area (Å²) in [5.74, 6) is -0.636. The van der Waals surface area contributed by atoms with E-state index in [4.69, 9.17) is 0 Å². The van der Waals surface area contributed by atoms with Gasteiger partial charge in [0, 0.05) is 25.4 Å². The van der Waals surface area contributed by atoms with E-state index in [9.17, 15) is 14.4 Å². The molecule has 3 amide bonds. The van der Waals surface area contributed by atoms with Gasteiger partial charge in [0.25, 0.3) is 0 Å². The number of amides is 3. The number of nitrogens with one attached hydrogen (secondary N) is 3. The molecule has 23 heavy (non-hydrogen) atoms. The van der Waals surface area contributed by atoms with Gasteiger partial charge in [0.1, 0.15) is 6.54 Å². The third-order valence-electron chi connectivity index (χ3n) is 3.74. The number of carbonyl (C=O) groups excluding carboxylic acids is 3. The van der Waals surface area contributed by atoms with Gasteiger partial charge < -0.3 is 20.9 Å². The van der Waals surface area contributed by atoms with Crippen molar-refractivity contribution in [3.05, 3.63) is 24.3 Å². The Hall–Kier alpha value is -2.41. The van der Waals surface area contributed by atoms with Crippen molar-refractivity contribution in [1.29, 1.82) is 0 Å². The van der Waals surface area contributed by atoms with Gasteiger partial charge in [0.2, 0.25) is 17.7 Å². The summed E-state index contributed by atoms with van der Waals surface area (Å²) in [6.45, 7) is 2.45. The molecule has 0 saturated carbocycles. The van der Waals surface area contributed by atoms with E-state index in [0.29, 0.717) is 17.9 Å². The molecule has 3 N–H and O–H groups in total. The Balaban J connectivity index is 1.91. The zero-order valence-electron chi connectivity index (χ0n) is 13.4. The molecule has 0 radical (unpaired) electrons. The van der Waals surface area contributed by atoms with Crippen molar-refractivity contribution in [2.45, 2.75) is 25.8 Å². The molecule has 0 aliphatic carbocycles. The van der Waals surface area contributed by atoms with Crippen LogP contribution in [0.1, 0.15) is 19.8 Å². The van der Waals surface area contributed by atoms with Crippen molar-refractivity contribution in [2.24, 2.45) is 0 Å². The summed E-state index contributed by atoms with van der Waals surface area (Å²) in [4.78, 5) is 37.3. The molecular formula is C16H22N4O3. The molecule has 1 aliphatic rings. The van der Waals surface area contributed by atoms with Crippen LogP contribution in [0.25, 0.3) is 0 Å². The van der Waals surface area contributed by atoms with Crippen LogP contribution in [0.3, 0.4) is 0 Å². The van der Waals surface area contributed by atoms with Crippen LogP contribution < -0.4 is 20.9 Å². The van der Waals surface area contributed by atoms with Crippen molar-refractivity contribution in [1.82, 2.24) is 10.6 Å². The fraction of sp³-hybridized carbons (Fsp3) is 0.438. The number of rotatable bonds is 6. The first-order valence-electron chi connectivity index (χ1n) is 7.64. The molecule has 2 rings (SSSR count). The molecule has 1 unspecified atom stereocenters. The monoisotopic (exact) mass is 318 g/mol. The second kappa shape index (κ2) is 7.73. The van der Waals surface area contributed by atoms with Crippen LogP contribution in [0, 0.1) is 0 Å². The van der Waals surface area contributed by atoms with Gasteiger partial charge in [-0.2, -0.15) is 0 Å². The largest absolute Gasteiger partial charge is 0.355 e. The van der Waals surface area contributed by atoms with Crippen LogP contribution in [0.5, 0.6) is 0 Å². The molecule has 1 heterocycles. The third-order valence-corrected chi connectivity index (χ3v) is 3.74. The zero-order chi connectivity index (χ0) is 16.8. The van der Waals surface area contributed by atoms with Crippen LogP contribution in [-0.2, 0) is 14.4 Å². The molecule has 1 aromatic carbocycles. The minimum Gasteiger partial charge on any atom is -0.355 e. The maximum atomic E-state index is 12.4. The van der Waals surface area contributed by atoms with E-state index in [1.54, 1.807) is 18.2 Å². The van der Waals surface area contributed by atoms with Gasteiger partial charge >= 0.3 is 0 Å². The van der Waals surface area contributed by atoms with E-state index in [1.165, 1.54) is 4.90 Å². The minimum absolute atomic E-state index is 0.0196. The molecule has 1 atom stereocenters. The van der Waals surface area contributed by atoms with Gasteiger partial charge in [-0.3, -0.25) is 14.4 Å². The summed E-state index contributed by atoms with van der Waals surface area (Å²) in [5, 5.41) is 8.52. The minimum atomic E-state index is -0.232. The van der Waals surface area contributed by atoms with Crippen molar-refractivity contribution < 1.29 is 14.4 Å². The zero-order valence-corrected chi connectivity index (χ0v) is 13.4. The Bertz CT molecular complexity index is 603. The summed E-state index contributed by atoms with van der Waals surface area (Å²) in [5.41, 5.74) is 1.28. The lowest BCUT2D eigenvalue weighted by atomic mass is 10.1. The molecular weight excluding hydrogens is 296 g/mol. The first-order valence-corrected chi connectivity index (χ1v) is 7.64. The molecule has 124 valence electrons. The predicted octanol–water partition coefficient (Wildman–Crippen LogP) is 0.476. The SMILES string of the molecule is CNC(C)CNC(=O)CCC(=O)N1CC(=O)Nc2ccccc21. The summed E-state index contributed by atoms with van der Waals surface area (Å²) in [7, 11) is 1.82. The van der Waals surface area contributed by atoms with E-state index < -0.39 is 0 Å². The second-order valence-electron chi connectivity index (χ2n) is 5.54. The van der Waals surface area contributed by atoms with Gasteiger partial charge in [0.15, 0.2) is 0 Å². The first-order chi connectivity index (χ1) is 11.0. The smallest absolute Gasteiger partial charge is 0.244 e. The highest BCUT2D eigenvalue weighted by molar-refractivity contribution is 6.10. The van der Waals surface area contributed by atoms with Crippen LogP contribution in [-0.4, -0.2) is 43.9 Å². The van der Waals surface area contributed by atoms with Gasteiger partial charge in [-0.05, 0) is 26.1 Å². The molecule has 1 aromatic rings. The Labute approximate surface area is 135 Å². The maximum absolute atomic E-state index is 12.4. The normalized spacial score (nSPS) is 14.7. The number of anilines is 2. The van der Waals surface area contributed by atoms with Crippen molar-refractivity contribution >= 4 is 29.1 Å². The van der Waals surface area contributed by atoms with Gasteiger partial charge in [0.05, 0.1) is 11.4 Å². The molecule has 0 bridgehead atoms. The number of hydrogen-bond donors (Lipinski definition) is 3. The van der Waals surface area contributed by atoms with Gasteiger partial charge in [-0.25, -0.2) is 0 Å². The third kappa shape index (κ3) is 4.53. The van der Waals surface area contributed by atoms with E-state index in [2.05, 4.69) is 16.0 Å². The fourth-order valence-electron chi connectivity index (χ4n) is 2.27. The maximum Gasteiger partial charge on any atom is 0.244 e. The van der Waals surface area contributed by atoms with Crippen LogP contribution >= 0.6 is 0 Å². The van der Waals surface area contributed by atoms with Crippen molar-refractivity contribution in [3.8, 4) is 0 Å².